The summed E-state index contributed by atoms with van der Waals surface area (Å²) in [6, 6.07) is 10.1. The van der Waals surface area contributed by atoms with Gasteiger partial charge in [-0.1, -0.05) is 30.3 Å². The molecule has 3 rings (SSSR count). The Kier molecular flexibility index (Phi) is 4.39. The highest BCUT2D eigenvalue weighted by molar-refractivity contribution is 5.89. The van der Waals surface area contributed by atoms with Crippen molar-refractivity contribution in [2.45, 2.75) is 38.5 Å². The summed E-state index contributed by atoms with van der Waals surface area (Å²) in [6.07, 6.45) is 8.05. The Balaban J connectivity index is 1.49. The van der Waals surface area contributed by atoms with Crippen molar-refractivity contribution in [3.8, 4) is 0 Å². The van der Waals surface area contributed by atoms with Crippen LogP contribution in [0.4, 0.5) is 0 Å². The van der Waals surface area contributed by atoms with Crippen LogP contribution < -0.4 is 5.32 Å². The Bertz CT molecular complexity index is 572. The SMILES string of the molecule is O=C(OCCc1ccccc1)C1=CNC2=C(CCCC2)C1. The maximum atomic E-state index is 12.1. The zero-order valence-electron chi connectivity index (χ0n) is 12.2. The summed E-state index contributed by atoms with van der Waals surface area (Å²) in [7, 11) is 0. The number of rotatable bonds is 4. The van der Waals surface area contributed by atoms with Gasteiger partial charge in [-0.05, 0) is 36.8 Å². The maximum Gasteiger partial charge on any atom is 0.335 e. The number of hydrogen-bond acceptors (Lipinski definition) is 3. The summed E-state index contributed by atoms with van der Waals surface area (Å²) >= 11 is 0. The van der Waals surface area contributed by atoms with E-state index in [4.69, 9.17) is 4.74 Å². The average Bonchev–Trinajstić information content (AvgIpc) is 2.55. The van der Waals surface area contributed by atoms with E-state index in [-0.39, 0.29) is 5.97 Å². The highest BCUT2D eigenvalue weighted by Gasteiger charge is 2.21. The van der Waals surface area contributed by atoms with Gasteiger partial charge < -0.3 is 10.1 Å². The van der Waals surface area contributed by atoms with Crippen molar-refractivity contribution in [2.24, 2.45) is 0 Å². The molecule has 1 aromatic carbocycles. The van der Waals surface area contributed by atoms with Gasteiger partial charge in [0.2, 0.25) is 0 Å². The van der Waals surface area contributed by atoms with E-state index in [1.807, 2.05) is 36.5 Å². The first-order chi connectivity index (χ1) is 10.3. The lowest BCUT2D eigenvalue weighted by atomic mass is 9.90. The lowest BCUT2D eigenvalue weighted by Crippen LogP contribution is -2.22. The van der Waals surface area contributed by atoms with Gasteiger partial charge in [-0.15, -0.1) is 0 Å². The average molecular weight is 283 g/mol. The molecule has 1 aliphatic heterocycles. The van der Waals surface area contributed by atoms with Crippen molar-refractivity contribution in [3.63, 3.8) is 0 Å². The van der Waals surface area contributed by atoms with E-state index in [2.05, 4.69) is 5.32 Å². The Morgan fingerprint density at radius 3 is 2.81 bits per heavy atom. The molecular formula is C18H21NO2. The molecular weight excluding hydrogens is 262 g/mol. The Hall–Kier alpha value is -2.03. The number of carbonyl (C=O) groups is 1. The maximum absolute atomic E-state index is 12.1. The molecule has 1 aromatic rings. The number of hydrogen-bond donors (Lipinski definition) is 1. The van der Waals surface area contributed by atoms with Gasteiger partial charge in [-0.2, -0.15) is 0 Å². The molecule has 3 heteroatoms. The molecule has 1 heterocycles. The highest BCUT2D eigenvalue weighted by Crippen LogP contribution is 2.30. The lowest BCUT2D eigenvalue weighted by molar-refractivity contribution is -0.139. The van der Waals surface area contributed by atoms with Crippen molar-refractivity contribution in [3.05, 3.63) is 58.9 Å². The van der Waals surface area contributed by atoms with Gasteiger partial charge >= 0.3 is 5.97 Å². The Labute approximate surface area is 125 Å². The second-order valence-electron chi connectivity index (χ2n) is 5.65. The minimum Gasteiger partial charge on any atom is -0.462 e. The molecule has 0 unspecified atom stereocenters. The molecule has 0 aromatic heterocycles. The monoisotopic (exact) mass is 283 g/mol. The van der Waals surface area contributed by atoms with E-state index in [1.165, 1.54) is 29.7 Å². The first-order valence-corrected chi connectivity index (χ1v) is 7.70. The Morgan fingerprint density at radius 1 is 1.14 bits per heavy atom. The smallest absolute Gasteiger partial charge is 0.335 e. The van der Waals surface area contributed by atoms with Gasteiger partial charge in [-0.25, -0.2) is 4.79 Å². The molecule has 0 saturated carbocycles. The fraction of sp³-hybridized carbons (Fsp3) is 0.389. The van der Waals surface area contributed by atoms with Gasteiger partial charge in [0.15, 0.2) is 0 Å². The molecule has 21 heavy (non-hydrogen) atoms. The van der Waals surface area contributed by atoms with E-state index >= 15 is 0 Å². The zero-order valence-corrected chi connectivity index (χ0v) is 12.2. The highest BCUT2D eigenvalue weighted by atomic mass is 16.5. The van der Waals surface area contributed by atoms with Crippen LogP contribution in [0.2, 0.25) is 0 Å². The van der Waals surface area contributed by atoms with Crippen molar-refractivity contribution in [1.29, 1.82) is 0 Å². The third-order valence-electron chi connectivity index (χ3n) is 4.14. The summed E-state index contributed by atoms with van der Waals surface area (Å²) in [6.45, 7) is 0.437. The second-order valence-corrected chi connectivity index (χ2v) is 5.65. The van der Waals surface area contributed by atoms with Crippen molar-refractivity contribution in [1.82, 2.24) is 5.32 Å². The predicted octanol–water partition coefficient (Wildman–Crippen LogP) is 3.48. The number of benzene rings is 1. The first kappa shape index (κ1) is 13.9. The molecule has 0 fully saturated rings. The molecule has 3 nitrogen and oxygen atoms in total. The van der Waals surface area contributed by atoms with Crippen LogP contribution >= 0.6 is 0 Å². The normalized spacial score (nSPS) is 17.6. The molecule has 1 N–H and O–H groups in total. The first-order valence-electron chi connectivity index (χ1n) is 7.70. The minimum absolute atomic E-state index is 0.185. The van der Waals surface area contributed by atoms with Crippen LogP contribution in [0, 0.1) is 0 Å². The van der Waals surface area contributed by atoms with E-state index in [9.17, 15) is 4.79 Å². The van der Waals surface area contributed by atoms with Crippen LogP contribution in [0.25, 0.3) is 0 Å². The molecule has 0 bridgehead atoms. The van der Waals surface area contributed by atoms with Crippen molar-refractivity contribution < 1.29 is 9.53 Å². The topological polar surface area (TPSA) is 38.3 Å². The van der Waals surface area contributed by atoms with E-state index in [0.29, 0.717) is 6.61 Å². The van der Waals surface area contributed by atoms with E-state index in [0.717, 1.165) is 31.3 Å². The third kappa shape index (κ3) is 3.54. The fourth-order valence-corrected chi connectivity index (χ4v) is 2.92. The van der Waals surface area contributed by atoms with Gasteiger partial charge in [0.1, 0.15) is 0 Å². The number of carbonyl (C=O) groups excluding carboxylic acids is 1. The number of dihydropyridines is 1. The molecule has 110 valence electrons. The van der Waals surface area contributed by atoms with Gasteiger partial charge in [0.25, 0.3) is 0 Å². The van der Waals surface area contributed by atoms with Crippen LogP contribution in [-0.2, 0) is 16.0 Å². The Morgan fingerprint density at radius 2 is 1.95 bits per heavy atom. The summed E-state index contributed by atoms with van der Waals surface area (Å²) in [5, 5.41) is 3.28. The van der Waals surface area contributed by atoms with Gasteiger partial charge in [0.05, 0.1) is 12.2 Å². The summed E-state index contributed by atoms with van der Waals surface area (Å²) in [4.78, 5) is 12.1. The summed E-state index contributed by atoms with van der Waals surface area (Å²) in [5.41, 5.74) is 4.66. The van der Waals surface area contributed by atoms with Gasteiger partial charge in [-0.3, -0.25) is 0 Å². The molecule has 0 atom stereocenters. The molecule has 0 spiro atoms. The summed E-state index contributed by atoms with van der Waals surface area (Å²) in [5.74, 6) is -0.185. The van der Waals surface area contributed by atoms with Crippen LogP contribution in [0.5, 0.6) is 0 Å². The molecule has 2 aliphatic rings. The number of nitrogens with one attached hydrogen (secondary N) is 1. The van der Waals surface area contributed by atoms with E-state index in [1.54, 1.807) is 0 Å². The quantitative estimate of drug-likeness (QED) is 0.860. The van der Waals surface area contributed by atoms with Crippen molar-refractivity contribution in [2.75, 3.05) is 6.61 Å². The minimum atomic E-state index is -0.185. The largest absolute Gasteiger partial charge is 0.462 e. The van der Waals surface area contributed by atoms with Crippen LogP contribution in [0.15, 0.2) is 53.4 Å². The fourth-order valence-electron chi connectivity index (χ4n) is 2.92. The predicted molar refractivity (Wildman–Crippen MR) is 82.4 cm³/mol. The molecule has 0 radical (unpaired) electrons. The van der Waals surface area contributed by atoms with Crippen LogP contribution in [-0.4, -0.2) is 12.6 Å². The van der Waals surface area contributed by atoms with E-state index < -0.39 is 0 Å². The lowest BCUT2D eigenvalue weighted by Gasteiger charge is -2.25. The third-order valence-corrected chi connectivity index (χ3v) is 4.14. The summed E-state index contributed by atoms with van der Waals surface area (Å²) < 4.78 is 5.40. The molecule has 0 amide bonds. The number of allylic oxidation sites excluding steroid dienone is 2. The molecule has 1 aliphatic carbocycles. The van der Waals surface area contributed by atoms with Crippen LogP contribution in [0.1, 0.15) is 37.7 Å². The number of esters is 1. The standard InChI is InChI=1S/C18H21NO2/c20-18(21-11-10-14-6-2-1-3-7-14)16-12-15-8-4-5-9-17(15)19-13-16/h1-3,6-7,13,19H,4-5,8-12H2. The van der Waals surface area contributed by atoms with Crippen molar-refractivity contribution >= 4 is 5.97 Å². The zero-order chi connectivity index (χ0) is 14.5. The van der Waals surface area contributed by atoms with Gasteiger partial charge in [0, 0.05) is 24.7 Å². The molecule has 0 saturated heterocycles. The second kappa shape index (κ2) is 6.61. The van der Waals surface area contributed by atoms with Crippen LogP contribution in [0.3, 0.4) is 0 Å². The number of ether oxygens (including phenoxy) is 1.